The van der Waals surface area contributed by atoms with E-state index in [9.17, 15) is 4.79 Å². The lowest BCUT2D eigenvalue weighted by Gasteiger charge is -2.34. The summed E-state index contributed by atoms with van der Waals surface area (Å²) in [4.78, 5) is 12.0. The number of amides is 1. The third kappa shape index (κ3) is 4.52. The Morgan fingerprint density at radius 2 is 2.05 bits per heavy atom. The number of rotatable bonds is 4. The van der Waals surface area contributed by atoms with Crippen molar-refractivity contribution in [1.82, 2.24) is 5.32 Å². The van der Waals surface area contributed by atoms with Crippen LogP contribution in [-0.4, -0.2) is 18.6 Å². The maximum absolute atomic E-state index is 12.0. The molecule has 1 amide bonds. The number of nitrogens with one attached hydrogen (secondary N) is 1. The predicted molar refractivity (Wildman–Crippen MR) is 86.1 cm³/mol. The van der Waals surface area contributed by atoms with Crippen molar-refractivity contribution in [3.8, 4) is 5.75 Å². The summed E-state index contributed by atoms with van der Waals surface area (Å²) in [6.07, 6.45) is 3.46. The van der Waals surface area contributed by atoms with Crippen LogP contribution >= 0.6 is 23.2 Å². The Kier molecular flexibility index (Phi) is 5.77. The molecule has 0 bridgehead atoms. The average Bonchev–Trinajstić information content (AvgIpc) is 2.45. The Labute approximate surface area is 136 Å². The lowest BCUT2D eigenvalue weighted by molar-refractivity contribution is -0.124. The van der Waals surface area contributed by atoms with Gasteiger partial charge < -0.3 is 10.1 Å². The Morgan fingerprint density at radius 1 is 1.29 bits per heavy atom. The van der Waals surface area contributed by atoms with Gasteiger partial charge in [0.1, 0.15) is 5.75 Å². The summed E-state index contributed by atoms with van der Waals surface area (Å²) in [5.74, 6) is 1.62. The van der Waals surface area contributed by atoms with Crippen molar-refractivity contribution in [3.63, 3.8) is 0 Å². The maximum atomic E-state index is 12.0. The zero-order valence-corrected chi connectivity index (χ0v) is 13.9. The van der Waals surface area contributed by atoms with E-state index < -0.39 is 0 Å². The van der Waals surface area contributed by atoms with Crippen molar-refractivity contribution >= 4 is 29.1 Å². The summed E-state index contributed by atoms with van der Waals surface area (Å²) in [5, 5.41) is 3.96. The molecule has 0 radical (unpaired) electrons. The van der Waals surface area contributed by atoms with Gasteiger partial charge in [0.2, 0.25) is 0 Å². The van der Waals surface area contributed by atoms with E-state index in [0.29, 0.717) is 27.6 Å². The van der Waals surface area contributed by atoms with Gasteiger partial charge in [-0.15, -0.1) is 0 Å². The van der Waals surface area contributed by atoms with Crippen LogP contribution in [-0.2, 0) is 4.79 Å². The highest BCUT2D eigenvalue weighted by Crippen LogP contribution is 2.29. The van der Waals surface area contributed by atoms with Gasteiger partial charge in [0.25, 0.3) is 5.91 Å². The second kappa shape index (κ2) is 7.37. The molecule has 0 spiro atoms. The largest absolute Gasteiger partial charge is 0.484 e. The second-order valence-electron chi connectivity index (χ2n) is 5.81. The molecule has 2 rings (SSSR count). The van der Waals surface area contributed by atoms with Gasteiger partial charge >= 0.3 is 0 Å². The molecule has 1 aromatic rings. The molecule has 1 saturated carbocycles. The van der Waals surface area contributed by atoms with Crippen molar-refractivity contribution in [3.05, 3.63) is 28.2 Å². The van der Waals surface area contributed by atoms with Crippen LogP contribution in [0.1, 0.15) is 33.1 Å². The highest BCUT2D eigenvalue weighted by Gasteiger charge is 2.28. The molecule has 116 valence electrons. The number of ether oxygens (including phenoxy) is 1. The highest BCUT2D eigenvalue weighted by atomic mass is 35.5. The number of hydrogen-bond acceptors (Lipinski definition) is 2. The summed E-state index contributed by atoms with van der Waals surface area (Å²) in [6, 6.07) is 5.22. The summed E-state index contributed by atoms with van der Waals surface area (Å²) < 4.78 is 5.45. The molecular weight excluding hydrogens is 309 g/mol. The van der Waals surface area contributed by atoms with E-state index in [2.05, 4.69) is 19.2 Å². The minimum atomic E-state index is -0.0907. The van der Waals surface area contributed by atoms with Crippen molar-refractivity contribution in [2.45, 2.75) is 39.2 Å². The molecule has 1 aliphatic rings. The zero-order valence-electron chi connectivity index (χ0n) is 12.4. The number of carbonyl (C=O) groups is 1. The first-order chi connectivity index (χ1) is 9.97. The minimum Gasteiger partial charge on any atom is -0.484 e. The summed E-state index contributed by atoms with van der Waals surface area (Å²) in [5.41, 5.74) is 0. The fourth-order valence-electron chi connectivity index (χ4n) is 2.75. The van der Waals surface area contributed by atoms with Crippen LogP contribution < -0.4 is 10.1 Å². The summed E-state index contributed by atoms with van der Waals surface area (Å²) in [7, 11) is 0. The van der Waals surface area contributed by atoms with Gasteiger partial charge in [-0.25, -0.2) is 0 Å². The van der Waals surface area contributed by atoms with Crippen LogP contribution in [0.4, 0.5) is 0 Å². The van der Waals surface area contributed by atoms with E-state index in [1.54, 1.807) is 18.2 Å². The molecule has 1 aromatic carbocycles. The number of benzene rings is 1. The molecule has 0 aliphatic heterocycles. The lowest BCUT2D eigenvalue weighted by Crippen LogP contribution is -2.45. The maximum Gasteiger partial charge on any atom is 0.258 e. The first-order valence-electron chi connectivity index (χ1n) is 7.34. The van der Waals surface area contributed by atoms with Gasteiger partial charge in [0.05, 0.1) is 10.0 Å². The third-order valence-corrected chi connectivity index (χ3v) is 5.05. The van der Waals surface area contributed by atoms with Crippen molar-refractivity contribution < 1.29 is 9.53 Å². The fourth-order valence-corrected chi connectivity index (χ4v) is 3.04. The Bertz CT molecular complexity index is 507. The molecule has 21 heavy (non-hydrogen) atoms. The van der Waals surface area contributed by atoms with Gasteiger partial charge in [-0.2, -0.15) is 0 Å². The van der Waals surface area contributed by atoms with E-state index in [1.165, 1.54) is 12.8 Å². The summed E-state index contributed by atoms with van der Waals surface area (Å²) >= 11 is 11.7. The van der Waals surface area contributed by atoms with E-state index in [0.717, 1.165) is 6.42 Å². The van der Waals surface area contributed by atoms with E-state index >= 15 is 0 Å². The normalized spacial score (nSPS) is 25.4. The van der Waals surface area contributed by atoms with Gasteiger partial charge in [0, 0.05) is 12.1 Å². The molecule has 1 N–H and O–H groups in total. The molecule has 0 heterocycles. The number of hydrogen-bond donors (Lipinski definition) is 1. The molecule has 3 atom stereocenters. The molecule has 0 saturated heterocycles. The van der Waals surface area contributed by atoms with Gasteiger partial charge in [-0.3, -0.25) is 4.79 Å². The van der Waals surface area contributed by atoms with Gasteiger partial charge in [-0.1, -0.05) is 49.9 Å². The number of carbonyl (C=O) groups excluding carboxylic acids is 1. The predicted octanol–water partition coefficient (Wildman–Crippen LogP) is 4.31. The van der Waals surface area contributed by atoms with Crippen LogP contribution in [0.15, 0.2) is 18.2 Å². The first-order valence-corrected chi connectivity index (χ1v) is 8.10. The molecule has 1 fully saturated rings. The van der Waals surface area contributed by atoms with Crippen LogP contribution in [0.25, 0.3) is 0 Å². The van der Waals surface area contributed by atoms with Crippen LogP contribution in [0.3, 0.4) is 0 Å². The average molecular weight is 330 g/mol. The first kappa shape index (κ1) is 16.4. The molecule has 5 heteroatoms. The standard InChI is InChI=1S/C16H21Cl2NO2/c1-10-4-3-5-15(11(10)2)19-16(20)9-21-12-6-7-13(17)14(18)8-12/h6-8,10-11,15H,3-5,9H2,1-2H3,(H,19,20)/t10-,11+,15-/m0/s1. The van der Waals surface area contributed by atoms with Gasteiger partial charge in [-0.05, 0) is 30.4 Å². The second-order valence-corrected chi connectivity index (χ2v) is 6.62. The molecule has 0 unspecified atom stereocenters. The van der Waals surface area contributed by atoms with Crippen molar-refractivity contribution in [2.75, 3.05) is 6.61 Å². The topological polar surface area (TPSA) is 38.3 Å². The van der Waals surface area contributed by atoms with Crippen LogP contribution in [0.5, 0.6) is 5.75 Å². The van der Waals surface area contributed by atoms with E-state index in [1.807, 2.05) is 0 Å². The van der Waals surface area contributed by atoms with Crippen LogP contribution in [0.2, 0.25) is 10.0 Å². The Balaban J connectivity index is 1.83. The lowest BCUT2D eigenvalue weighted by atomic mass is 9.78. The smallest absolute Gasteiger partial charge is 0.258 e. The molecule has 0 aromatic heterocycles. The Morgan fingerprint density at radius 3 is 2.76 bits per heavy atom. The highest BCUT2D eigenvalue weighted by molar-refractivity contribution is 6.42. The molecule has 1 aliphatic carbocycles. The SMILES string of the molecule is C[C@H]1[C@@H](NC(=O)COc2ccc(Cl)c(Cl)c2)CCC[C@@H]1C. The van der Waals surface area contributed by atoms with E-state index in [4.69, 9.17) is 27.9 Å². The Hall–Kier alpha value is -0.930. The third-order valence-electron chi connectivity index (χ3n) is 4.31. The van der Waals surface area contributed by atoms with Crippen LogP contribution in [0, 0.1) is 11.8 Å². The fraction of sp³-hybridized carbons (Fsp3) is 0.562. The molecular formula is C16H21Cl2NO2. The number of halogens is 2. The zero-order chi connectivity index (χ0) is 15.4. The van der Waals surface area contributed by atoms with E-state index in [-0.39, 0.29) is 18.6 Å². The minimum absolute atomic E-state index is 0.00440. The monoisotopic (exact) mass is 329 g/mol. The quantitative estimate of drug-likeness (QED) is 0.893. The van der Waals surface area contributed by atoms with Crippen molar-refractivity contribution in [2.24, 2.45) is 11.8 Å². The van der Waals surface area contributed by atoms with Crippen molar-refractivity contribution in [1.29, 1.82) is 0 Å². The summed E-state index contributed by atoms with van der Waals surface area (Å²) in [6.45, 7) is 4.44. The van der Waals surface area contributed by atoms with Gasteiger partial charge in [0.15, 0.2) is 6.61 Å². The molecule has 3 nitrogen and oxygen atoms in total.